The second-order valence-electron chi connectivity index (χ2n) is 6.38. The molecule has 1 fully saturated rings. The maximum Gasteiger partial charge on any atom is 0.307 e. The molecule has 1 rings (SSSR count). The lowest BCUT2D eigenvalue weighted by Gasteiger charge is -2.45. The minimum absolute atomic E-state index is 0.0377. The van der Waals surface area contributed by atoms with Gasteiger partial charge in [0.15, 0.2) is 0 Å². The van der Waals surface area contributed by atoms with Crippen LogP contribution in [0.4, 0.5) is 0 Å². The van der Waals surface area contributed by atoms with Gasteiger partial charge in [0, 0.05) is 5.54 Å². The monoisotopic (exact) mass is 255 g/mol. The zero-order valence-electron chi connectivity index (χ0n) is 12.5. The summed E-state index contributed by atoms with van der Waals surface area (Å²) in [5.41, 5.74) is 0.287. The molecule has 1 N–H and O–H groups in total. The Hall–Kier alpha value is -0.570. The Bertz CT molecular complexity index is 276. The molecule has 0 aliphatic heterocycles. The molecule has 1 atom stereocenters. The van der Waals surface area contributed by atoms with Gasteiger partial charge in [0.05, 0.1) is 13.0 Å². The van der Waals surface area contributed by atoms with E-state index in [1.165, 1.54) is 12.8 Å². The summed E-state index contributed by atoms with van der Waals surface area (Å²) < 4.78 is 5.14. The van der Waals surface area contributed by atoms with Crippen LogP contribution in [0.25, 0.3) is 0 Å². The molecular weight excluding hydrogens is 226 g/mol. The van der Waals surface area contributed by atoms with Crippen LogP contribution in [0.5, 0.6) is 0 Å². The van der Waals surface area contributed by atoms with Crippen LogP contribution < -0.4 is 5.32 Å². The number of nitrogens with one attached hydrogen (secondary N) is 1. The molecular formula is C15H29NO2. The lowest BCUT2D eigenvalue weighted by Crippen LogP contribution is -2.52. The maximum atomic E-state index is 11.8. The number of ether oxygens (including phenoxy) is 1. The van der Waals surface area contributed by atoms with Crippen LogP contribution in [-0.4, -0.2) is 24.7 Å². The topological polar surface area (TPSA) is 38.3 Å². The SMILES string of the molecule is CCCNC1(CC(=O)OCC)CCCC(C)(C)C1. The predicted octanol–water partition coefficient (Wildman–Crippen LogP) is 3.28. The molecule has 0 radical (unpaired) electrons. The normalized spacial score (nSPS) is 26.9. The summed E-state index contributed by atoms with van der Waals surface area (Å²) in [6.45, 7) is 10.1. The van der Waals surface area contributed by atoms with E-state index in [0.717, 1.165) is 25.8 Å². The van der Waals surface area contributed by atoms with Crippen LogP contribution in [0.15, 0.2) is 0 Å². The van der Waals surface area contributed by atoms with E-state index in [1.54, 1.807) is 0 Å². The fourth-order valence-corrected chi connectivity index (χ4v) is 3.24. The summed E-state index contributed by atoms with van der Waals surface area (Å²) in [7, 11) is 0. The Morgan fingerprint density at radius 3 is 2.56 bits per heavy atom. The molecule has 3 nitrogen and oxygen atoms in total. The van der Waals surface area contributed by atoms with E-state index >= 15 is 0 Å². The lowest BCUT2D eigenvalue weighted by atomic mass is 9.67. The molecule has 0 aromatic heterocycles. The number of hydrogen-bond donors (Lipinski definition) is 1. The van der Waals surface area contributed by atoms with Gasteiger partial charge in [-0.1, -0.05) is 27.2 Å². The summed E-state index contributed by atoms with van der Waals surface area (Å²) in [6, 6.07) is 0. The molecule has 1 aliphatic rings. The van der Waals surface area contributed by atoms with E-state index in [9.17, 15) is 4.79 Å². The van der Waals surface area contributed by atoms with Crippen LogP contribution in [-0.2, 0) is 9.53 Å². The number of carbonyl (C=O) groups is 1. The van der Waals surface area contributed by atoms with Gasteiger partial charge in [-0.15, -0.1) is 0 Å². The van der Waals surface area contributed by atoms with Crippen molar-refractivity contribution in [2.24, 2.45) is 5.41 Å². The molecule has 0 spiro atoms. The van der Waals surface area contributed by atoms with Crippen LogP contribution >= 0.6 is 0 Å². The van der Waals surface area contributed by atoms with Gasteiger partial charge in [-0.2, -0.15) is 0 Å². The third-order valence-electron chi connectivity index (χ3n) is 3.86. The highest BCUT2D eigenvalue weighted by Gasteiger charge is 2.41. The van der Waals surface area contributed by atoms with Crippen LogP contribution in [0.2, 0.25) is 0 Å². The first-order valence-corrected chi connectivity index (χ1v) is 7.34. The Morgan fingerprint density at radius 1 is 1.28 bits per heavy atom. The molecule has 1 saturated carbocycles. The fraction of sp³-hybridized carbons (Fsp3) is 0.933. The quantitative estimate of drug-likeness (QED) is 0.740. The molecule has 106 valence electrons. The Morgan fingerprint density at radius 2 is 2.00 bits per heavy atom. The van der Waals surface area contributed by atoms with Crippen molar-refractivity contribution in [2.45, 2.75) is 71.8 Å². The first-order valence-electron chi connectivity index (χ1n) is 7.34. The lowest BCUT2D eigenvalue weighted by molar-refractivity contribution is -0.145. The molecule has 1 unspecified atom stereocenters. The van der Waals surface area contributed by atoms with Gasteiger partial charge >= 0.3 is 5.97 Å². The Balaban J connectivity index is 2.71. The molecule has 1 aliphatic carbocycles. The molecule has 18 heavy (non-hydrogen) atoms. The van der Waals surface area contributed by atoms with Gasteiger partial charge in [-0.3, -0.25) is 4.79 Å². The maximum absolute atomic E-state index is 11.8. The zero-order valence-corrected chi connectivity index (χ0v) is 12.5. The molecule has 0 saturated heterocycles. The van der Waals surface area contributed by atoms with E-state index in [2.05, 4.69) is 26.1 Å². The average Bonchev–Trinajstić information content (AvgIpc) is 2.25. The summed E-state index contributed by atoms with van der Waals surface area (Å²) >= 11 is 0. The van der Waals surface area contributed by atoms with Crippen molar-refractivity contribution in [3.8, 4) is 0 Å². The number of hydrogen-bond acceptors (Lipinski definition) is 3. The molecule has 0 bridgehead atoms. The predicted molar refractivity (Wildman–Crippen MR) is 74.5 cm³/mol. The minimum atomic E-state index is -0.0567. The summed E-state index contributed by atoms with van der Waals surface area (Å²) in [6.07, 6.45) is 6.23. The van der Waals surface area contributed by atoms with Crippen molar-refractivity contribution < 1.29 is 9.53 Å². The minimum Gasteiger partial charge on any atom is -0.466 e. The van der Waals surface area contributed by atoms with Crippen molar-refractivity contribution in [2.75, 3.05) is 13.2 Å². The molecule has 0 amide bonds. The largest absolute Gasteiger partial charge is 0.466 e. The summed E-state index contributed by atoms with van der Waals surface area (Å²) in [5, 5.41) is 3.63. The molecule has 3 heteroatoms. The van der Waals surface area contributed by atoms with Crippen LogP contribution in [0.3, 0.4) is 0 Å². The van der Waals surface area contributed by atoms with Crippen LogP contribution in [0.1, 0.15) is 66.2 Å². The highest BCUT2D eigenvalue weighted by molar-refractivity contribution is 5.71. The van der Waals surface area contributed by atoms with Crippen molar-refractivity contribution in [1.29, 1.82) is 0 Å². The van der Waals surface area contributed by atoms with Gasteiger partial charge in [-0.25, -0.2) is 0 Å². The van der Waals surface area contributed by atoms with Crippen molar-refractivity contribution in [1.82, 2.24) is 5.32 Å². The van der Waals surface area contributed by atoms with Gasteiger partial charge < -0.3 is 10.1 Å². The van der Waals surface area contributed by atoms with Gasteiger partial charge in [-0.05, 0) is 44.6 Å². The first-order chi connectivity index (χ1) is 8.43. The second-order valence-corrected chi connectivity index (χ2v) is 6.38. The highest BCUT2D eigenvalue weighted by Crippen LogP contribution is 2.42. The number of rotatable bonds is 6. The fourth-order valence-electron chi connectivity index (χ4n) is 3.24. The van der Waals surface area contributed by atoms with E-state index < -0.39 is 0 Å². The summed E-state index contributed by atoms with van der Waals surface area (Å²) in [5.74, 6) is -0.0567. The van der Waals surface area contributed by atoms with E-state index in [-0.39, 0.29) is 11.5 Å². The zero-order chi connectivity index (χ0) is 13.6. The van der Waals surface area contributed by atoms with E-state index in [4.69, 9.17) is 4.74 Å². The van der Waals surface area contributed by atoms with E-state index in [0.29, 0.717) is 18.4 Å². The van der Waals surface area contributed by atoms with Crippen molar-refractivity contribution in [3.63, 3.8) is 0 Å². The average molecular weight is 255 g/mol. The highest BCUT2D eigenvalue weighted by atomic mass is 16.5. The molecule has 0 aromatic carbocycles. The van der Waals surface area contributed by atoms with Crippen LogP contribution in [0, 0.1) is 5.41 Å². The Kier molecular flexibility index (Phi) is 5.64. The third kappa shape index (κ3) is 4.60. The Labute approximate surface area is 112 Å². The van der Waals surface area contributed by atoms with Crippen molar-refractivity contribution in [3.05, 3.63) is 0 Å². The smallest absolute Gasteiger partial charge is 0.307 e. The first kappa shape index (κ1) is 15.5. The second kappa shape index (κ2) is 6.55. The molecule has 0 aromatic rings. The standard InChI is InChI=1S/C15H29NO2/c1-5-10-16-15(11-13(17)18-6-2)9-7-8-14(3,4)12-15/h16H,5-12H2,1-4H3. The van der Waals surface area contributed by atoms with Crippen molar-refractivity contribution >= 4 is 5.97 Å². The summed E-state index contributed by atoms with van der Waals surface area (Å²) in [4.78, 5) is 11.8. The van der Waals surface area contributed by atoms with Gasteiger partial charge in [0.1, 0.15) is 0 Å². The van der Waals surface area contributed by atoms with E-state index in [1.807, 2.05) is 6.92 Å². The number of carbonyl (C=O) groups excluding carboxylic acids is 1. The molecule has 0 heterocycles. The van der Waals surface area contributed by atoms with Gasteiger partial charge in [0.2, 0.25) is 0 Å². The third-order valence-corrected chi connectivity index (χ3v) is 3.86. The van der Waals surface area contributed by atoms with Gasteiger partial charge in [0.25, 0.3) is 0 Å². The number of esters is 1.